The number of aromatic carboxylic acids is 1. The van der Waals surface area contributed by atoms with Gasteiger partial charge in [0.1, 0.15) is 0 Å². The van der Waals surface area contributed by atoms with Gasteiger partial charge in [0, 0.05) is 5.56 Å². The molecular weight excluding hydrogens is 199 g/mol. The van der Waals surface area contributed by atoms with Crippen LogP contribution in [0.2, 0.25) is 0 Å². The lowest BCUT2D eigenvalue weighted by Crippen LogP contribution is -2.14. The van der Waals surface area contributed by atoms with Crippen LogP contribution in [0.4, 0.5) is 4.39 Å². The predicted molar refractivity (Wildman–Crippen MR) is 51.9 cm³/mol. The smallest absolute Gasteiger partial charge is 0.336 e. The van der Waals surface area contributed by atoms with Gasteiger partial charge in [-0.1, -0.05) is 0 Å². The van der Waals surface area contributed by atoms with Gasteiger partial charge in [0.25, 0.3) is 0 Å². The zero-order chi connectivity index (χ0) is 11.0. The van der Waals surface area contributed by atoms with E-state index in [1.807, 2.05) is 0 Å². The van der Waals surface area contributed by atoms with Gasteiger partial charge < -0.3 is 9.84 Å². The molecule has 0 atom stereocenters. The Bertz CT molecular complexity index is 426. The summed E-state index contributed by atoms with van der Waals surface area (Å²) in [4.78, 5) is 10.9. The van der Waals surface area contributed by atoms with Crippen molar-refractivity contribution in [3.63, 3.8) is 0 Å². The molecule has 0 bridgehead atoms. The van der Waals surface area contributed by atoms with E-state index in [-0.39, 0.29) is 11.3 Å². The van der Waals surface area contributed by atoms with Crippen LogP contribution in [0.1, 0.15) is 27.9 Å². The van der Waals surface area contributed by atoms with E-state index in [4.69, 9.17) is 9.84 Å². The summed E-state index contributed by atoms with van der Waals surface area (Å²) in [6.07, 6.45) is 1.48. The van der Waals surface area contributed by atoms with Crippen LogP contribution in [-0.2, 0) is 6.42 Å². The van der Waals surface area contributed by atoms with Crippen molar-refractivity contribution >= 4 is 5.97 Å². The minimum absolute atomic E-state index is 0.0248. The second-order valence-electron chi connectivity index (χ2n) is 3.60. The molecule has 0 fully saturated rings. The molecule has 1 aliphatic heterocycles. The first-order chi connectivity index (χ1) is 7.11. The van der Waals surface area contributed by atoms with Crippen LogP contribution >= 0.6 is 0 Å². The highest BCUT2D eigenvalue weighted by molar-refractivity contribution is 5.90. The van der Waals surface area contributed by atoms with Crippen molar-refractivity contribution in [2.45, 2.75) is 19.8 Å². The van der Waals surface area contributed by atoms with Gasteiger partial charge in [-0.15, -0.1) is 0 Å². The zero-order valence-corrected chi connectivity index (χ0v) is 8.34. The maximum absolute atomic E-state index is 13.5. The van der Waals surface area contributed by atoms with Gasteiger partial charge in [0.05, 0.1) is 12.2 Å². The lowest BCUT2D eigenvalue weighted by Gasteiger charge is -2.20. The zero-order valence-electron chi connectivity index (χ0n) is 8.34. The molecule has 0 unspecified atom stereocenters. The van der Waals surface area contributed by atoms with E-state index in [9.17, 15) is 9.18 Å². The summed E-state index contributed by atoms with van der Waals surface area (Å²) in [5, 5.41) is 8.88. The normalized spacial score (nSPS) is 14.3. The molecule has 1 N–H and O–H groups in total. The van der Waals surface area contributed by atoms with Crippen LogP contribution in [0.25, 0.3) is 0 Å². The third-order valence-corrected chi connectivity index (χ3v) is 2.67. The highest BCUT2D eigenvalue weighted by atomic mass is 19.1. The molecule has 1 heterocycles. The molecule has 1 aliphatic rings. The summed E-state index contributed by atoms with van der Waals surface area (Å²) in [6, 6.07) is 1.03. The molecule has 0 saturated carbocycles. The Morgan fingerprint density at radius 2 is 2.33 bits per heavy atom. The Hall–Kier alpha value is -1.58. The fraction of sp³-hybridized carbons (Fsp3) is 0.364. The second kappa shape index (κ2) is 3.53. The number of hydrogen-bond donors (Lipinski definition) is 1. The number of carboxylic acid groups (broad SMARTS) is 1. The van der Waals surface area contributed by atoms with Crippen molar-refractivity contribution in [3.05, 3.63) is 28.6 Å². The van der Waals surface area contributed by atoms with Gasteiger partial charge in [-0.3, -0.25) is 0 Å². The number of hydrogen-bond acceptors (Lipinski definition) is 2. The molecular formula is C11H11FO3. The van der Waals surface area contributed by atoms with Crippen LogP contribution < -0.4 is 4.74 Å². The van der Waals surface area contributed by atoms with Crippen LogP contribution in [0.5, 0.6) is 5.75 Å². The Morgan fingerprint density at radius 1 is 1.60 bits per heavy atom. The summed E-state index contributed by atoms with van der Waals surface area (Å²) < 4.78 is 18.7. The van der Waals surface area contributed by atoms with Crippen molar-refractivity contribution in [1.82, 2.24) is 0 Å². The van der Waals surface area contributed by atoms with Crippen LogP contribution in [-0.4, -0.2) is 17.7 Å². The molecule has 15 heavy (non-hydrogen) atoms. The van der Waals surface area contributed by atoms with Crippen molar-refractivity contribution in [3.8, 4) is 5.75 Å². The third-order valence-electron chi connectivity index (χ3n) is 2.67. The Labute approximate surface area is 86.5 Å². The number of rotatable bonds is 1. The number of carbonyl (C=O) groups is 1. The number of benzene rings is 1. The fourth-order valence-electron chi connectivity index (χ4n) is 1.88. The van der Waals surface area contributed by atoms with E-state index >= 15 is 0 Å². The standard InChI is InChI=1S/C11H11FO3/c1-6-7-3-2-4-15-10(7)9(12)5-8(6)11(13)14/h5H,2-4H2,1H3,(H,13,14). The van der Waals surface area contributed by atoms with Crippen molar-refractivity contribution in [2.75, 3.05) is 6.61 Å². The van der Waals surface area contributed by atoms with Crippen LogP contribution in [0, 0.1) is 12.7 Å². The Balaban J connectivity index is 2.64. The molecule has 0 aromatic heterocycles. The molecule has 0 spiro atoms. The average Bonchev–Trinajstić information content (AvgIpc) is 2.23. The van der Waals surface area contributed by atoms with Gasteiger partial charge >= 0.3 is 5.97 Å². The maximum atomic E-state index is 13.5. The molecule has 0 radical (unpaired) electrons. The summed E-state index contributed by atoms with van der Waals surface area (Å²) in [7, 11) is 0. The van der Waals surface area contributed by atoms with E-state index in [1.165, 1.54) is 0 Å². The van der Waals surface area contributed by atoms with E-state index in [0.29, 0.717) is 24.2 Å². The highest BCUT2D eigenvalue weighted by Crippen LogP contribution is 2.32. The Kier molecular flexibility index (Phi) is 2.34. The van der Waals surface area contributed by atoms with E-state index in [2.05, 4.69) is 0 Å². The van der Waals surface area contributed by atoms with Crippen LogP contribution in [0.15, 0.2) is 6.07 Å². The number of ether oxygens (including phenoxy) is 1. The predicted octanol–water partition coefficient (Wildman–Crippen LogP) is 2.16. The number of carboxylic acids is 1. The van der Waals surface area contributed by atoms with Gasteiger partial charge in [-0.2, -0.15) is 0 Å². The second-order valence-corrected chi connectivity index (χ2v) is 3.60. The molecule has 1 aromatic rings. The van der Waals surface area contributed by atoms with E-state index in [1.54, 1.807) is 6.92 Å². The third kappa shape index (κ3) is 1.56. The van der Waals surface area contributed by atoms with Crippen LogP contribution in [0.3, 0.4) is 0 Å². The number of fused-ring (bicyclic) bond motifs is 1. The largest absolute Gasteiger partial charge is 0.490 e. The van der Waals surface area contributed by atoms with E-state index in [0.717, 1.165) is 12.5 Å². The highest BCUT2D eigenvalue weighted by Gasteiger charge is 2.22. The summed E-state index contributed by atoms with van der Waals surface area (Å²) in [6.45, 7) is 2.19. The van der Waals surface area contributed by atoms with Crippen molar-refractivity contribution < 1.29 is 19.0 Å². The lowest BCUT2D eigenvalue weighted by molar-refractivity contribution is 0.0695. The molecule has 4 heteroatoms. The van der Waals surface area contributed by atoms with Gasteiger partial charge in [0.2, 0.25) is 0 Å². The molecule has 2 rings (SSSR count). The summed E-state index contributed by atoms with van der Waals surface area (Å²) >= 11 is 0. The van der Waals surface area contributed by atoms with E-state index < -0.39 is 11.8 Å². The average molecular weight is 210 g/mol. The topological polar surface area (TPSA) is 46.5 Å². The summed E-state index contributed by atoms with van der Waals surface area (Å²) in [5.41, 5.74) is 1.33. The monoisotopic (exact) mass is 210 g/mol. The number of halogens is 1. The molecule has 0 aliphatic carbocycles. The fourth-order valence-corrected chi connectivity index (χ4v) is 1.88. The molecule has 80 valence electrons. The van der Waals surface area contributed by atoms with Gasteiger partial charge in [0.15, 0.2) is 11.6 Å². The SMILES string of the molecule is Cc1c(C(=O)O)cc(F)c2c1CCCO2. The first-order valence-corrected chi connectivity index (χ1v) is 4.79. The molecule has 0 amide bonds. The maximum Gasteiger partial charge on any atom is 0.336 e. The minimum Gasteiger partial charge on any atom is -0.490 e. The molecule has 1 aromatic carbocycles. The first-order valence-electron chi connectivity index (χ1n) is 4.79. The molecule has 3 nitrogen and oxygen atoms in total. The summed E-state index contributed by atoms with van der Waals surface area (Å²) in [5.74, 6) is -1.45. The van der Waals surface area contributed by atoms with Gasteiger partial charge in [-0.25, -0.2) is 9.18 Å². The first kappa shape index (κ1) is 9.96. The van der Waals surface area contributed by atoms with Crippen molar-refractivity contribution in [2.24, 2.45) is 0 Å². The molecule has 0 saturated heterocycles. The lowest BCUT2D eigenvalue weighted by atomic mass is 9.96. The minimum atomic E-state index is -1.10. The Morgan fingerprint density at radius 3 is 3.00 bits per heavy atom. The van der Waals surface area contributed by atoms with Gasteiger partial charge in [-0.05, 0) is 31.4 Å². The van der Waals surface area contributed by atoms with Crippen molar-refractivity contribution in [1.29, 1.82) is 0 Å². The quantitative estimate of drug-likeness (QED) is 0.772.